The molecule has 0 aromatic heterocycles. The van der Waals surface area contributed by atoms with E-state index in [1.54, 1.807) is 42.5 Å². The minimum atomic E-state index is -0.222. The van der Waals surface area contributed by atoms with E-state index in [9.17, 15) is 4.79 Å². The first-order valence-electron chi connectivity index (χ1n) is 5.82. The van der Waals surface area contributed by atoms with E-state index in [1.807, 2.05) is 6.07 Å². The van der Waals surface area contributed by atoms with Gasteiger partial charge in [0.1, 0.15) is 0 Å². The smallest absolute Gasteiger partial charge is 0.251 e. The monoisotopic (exact) mass is 304 g/mol. The maximum atomic E-state index is 11.9. The highest BCUT2D eigenvalue weighted by Gasteiger charge is 2.07. The zero-order chi connectivity index (χ0) is 14.5. The molecule has 0 aliphatic carbocycles. The summed E-state index contributed by atoms with van der Waals surface area (Å²) < 4.78 is 0. The summed E-state index contributed by atoms with van der Waals surface area (Å²) in [6, 6.07) is 13.5. The number of hydrogen-bond acceptors (Lipinski definition) is 2. The number of benzene rings is 2. The lowest BCUT2D eigenvalue weighted by Gasteiger charge is -2.07. The molecule has 1 N–H and O–H groups in total. The number of nitrogens with zero attached hydrogens (tertiary/aromatic N) is 1. The van der Waals surface area contributed by atoms with Gasteiger partial charge in [-0.3, -0.25) is 4.79 Å². The SMILES string of the molecule is N#Cc1ccc(C(=O)NCc2ccc(Cl)cc2Cl)cc1. The molecule has 0 radical (unpaired) electrons. The van der Waals surface area contributed by atoms with Crippen molar-refractivity contribution in [3.05, 3.63) is 69.2 Å². The highest BCUT2D eigenvalue weighted by Crippen LogP contribution is 2.20. The van der Waals surface area contributed by atoms with Gasteiger partial charge in [0, 0.05) is 22.2 Å². The van der Waals surface area contributed by atoms with E-state index in [0.29, 0.717) is 27.7 Å². The van der Waals surface area contributed by atoms with Gasteiger partial charge in [-0.25, -0.2) is 0 Å². The number of nitrogens with one attached hydrogen (secondary N) is 1. The minimum absolute atomic E-state index is 0.222. The molecule has 0 aliphatic rings. The van der Waals surface area contributed by atoms with E-state index in [-0.39, 0.29) is 5.91 Å². The fourth-order valence-electron chi connectivity index (χ4n) is 1.64. The molecule has 0 aliphatic heterocycles. The Hall–Kier alpha value is -2.02. The van der Waals surface area contributed by atoms with E-state index in [2.05, 4.69) is 5.32 Å². The summed E-state index contributed by atoms with van der Waals surface area (Å²) in [5, 5.41) is 12.5. The molecule has 0 heterocycles. The van der Waals surface area contributed by atoms with Crippen LogP contribution in [-0.2, 0) is 6.54 Å². The fourth-order valence-corrected chi connectivity index (χ4v) is 2.11. The summed E-state index contributed by atoms with van der Waals surface area (Å²) in [6.45, 7) is 0.314. The van der Waals surface area contributed by atoms with Crippen LogP contribution >= 0.6 is 23.2 Å². The highest BCUT2D eigenvalue weighted by atomic mass is 35.5. The molecule has 100 valence electrons. The predicted molar refractivity (Wildman–Crippen MR) is 78.8 cm³/mol. The van der Waals surface area contributed by atoms with E-state index in [4.69, 9.17) is 28.5 Å². The van der Waals surface area contributed by atoms with Crippen LogP contribution in [0.1, 0.15) is 21.5 Å². The lowest BCUT2D eigenvalue weighted by Crippen LogP contribution is -2.22. The van der Waals surface area contributed by atoms with Crippen molar-refractivity contribution < 1.29 is 4.79 Å². The van der Waals surface area contributed by atoms with Gasteiger partial charge in [-0.15, -0.1) is 0 Å². The van der Waals surface area contributed by atoms with Crippen LogP contribution in [0.2, 0.25) is 10.0 Å². The van der Waals surface area contributed by atoms with Crippen LogP contribution in [-0.4, -0.2) is 5.91 Å². The van der Waals surface area contributed by atoms with Gasteiger partial charge in [0.2, 0.25) is 0 Å². The highest BCUT2D eigenvalue weighted by molar-refractivity contribution is 6.35. The van der Waals surface area contributed by atoms with Gasteiger partial charge in [-0.1, -0.05) is 29.3 Å². The molecule has 0 atom stereocenters. The fraction of sp³-hybridized carbons (Fsp3) is 0.0667. The Morgan fingerprint density at radius 3 is 2.45 bits per heavy atom. The molecular weight excluding hydrogens is 295 g/mol. The van der Waals surface area contributed by atoms with Gasteiger partial charge in [-0.05, 0) is 42.0 Å². The predicted octanol–water partition coefficient (Wildman–Crippen LogP) is 3.80. The maximum absolute atomic E-state index is 11.9. The van der Waals surface area contributed by atoms with Gasteiger partial charge in [0.15, 0.2) is 0 Å². The molecule has 0 fully saturated rings. The van der Waals surface area contributed by atoms with Gasteiger partial charge in [0.25, 0.3) is 5.91 Å². The second-order valence-electron chi connectivity index (χ2n) is 4.11. The molecule has 5 heteroatoms. The van der Waals surface area contributed by atoms with Gasteiger partial charge >= 0.3 is 0 Å². The average molecular weight is 305 g/mol. The first kappa shape index (κ1) is 14.4. The van der Waals surface area contributed by atoms with Crippen LogP contribution < -0.4 is 5.32 Å². The second-order valence-corrected chi connectivity index (χ2v) is 4.95. The third kappa shape index (κ3) is 3.51. The van der Waals surface area contributed by atoms with Crippen molar-refractivity contribution in [1.29, 1.82) is 5.26 Å². The zero-order valence-electron chi connectivity index (χ0n) is 10.4. The molecule has 2 aromatic carbocycles. The molecule has 1 amide bonds. The Labute approximate surface area is 126 Å². The number of hydrogen-bond donors (Lipinski definition) is 1. The summed E-state index contributed by atoms with van der Waals surface area (Å²) in [6.07, 6.45) is 0. The van der Waals surface area contributed by atoms with Crippen LogP contribution in [0.4, 0.5) is 0 Å². The topological polar surface area (TPSA) is 52.9 Å². The molecule has 0 saturated heterocycles. The zero-order valence-corrected chi connectivity index (χ0v) is 11.9. The molecule has 2 aromatic rings. The van der Waals surface area contributed by atoms with E-state index in [0.717, 1.165) is 5.56 Å². The van der Waals surface area contributed by atoms with Crippen LogP contribution in [0.5, 0.6) is 0 Å². The largest absolute Gasteiger partial charge is 0.348 e. The van der Waals surface area contributed by atoms with Crippen molar-refractivity contribution >= 4 is 29.1 Å². The summed E-state index contributed by atoms with van der Waals surface area (Å²) in [5.41, 5.74) is 1.80. The summed E-state index contributed by atoms with van der Waals surface area (Å²) >= 11 is 11.8. The van der Waals surface area contributed by atoms with Crippen LogP contribution in [0.25, 0.3) is 0 Å². The molecule has 0 spiro atoms. The van der Waals surface area contributed by atoms with Gasteiger partial charge < -0.3 is 5.32 Å². The Bertz CT molecular complexity index is 675. The normalized spacial score (nSPS) is 9.85. The van der Waals surface area contributed by atoms with Crippen molar-refractivity contribution in [2.75, 3.05) is 0 Å². The van der Waals surface area contributed by atoms with Crippen LogP contribution in [0.15, 0.2) is 42.5 Å². The summed E-state index contributed by atoms with van der Waals surface area (Å²) in [5.74, 6) is -0.222. The van der Waals surface area contributed by atoms with Crippen molar-refractivity contribution in [2.45, 2.75) is 6.54 Å². The lowest BCUT2D eigenvalue weighted by molar-refractivity contribution is 0.0951. The number of halogens is 2. The molecule has 0 saturated carbocycles. The second kappa shape index (κ2) is 6.42. The molecule has 0 unspecified atom stereocenters. The number of nitriles is 1. The van der Waals surface area contributed by atoms with E-state index >= 15 is 0 Å². The maximum Gasteiger partial charge on any atom is 0.251 e. The first-order valence-corrected chi connectivity index (χ1v) is 6.58. The van der Waals surface area contributed by atoms with Crippen molar-refractivity contribution in [3.8, 4) is 6.07 Å². The van der Waals surface area contributed by atoms with Crippen molar-refractivity contribution in [2.24, 2.45) is 0 Å². The number of rotatable bonds is 3. The van der Waals surface area contributed by atoms with E-state index < -0.39 is 0 Å². The van der Waals surface area contributed by atoms with Crippen molar-refractivity contribution in [3.63, 3.8) is 0 Å². The first-order chi connectivity index (χ1) is 9.60. The number of amides is 1. The molecular formula is C15H10Cl2N2O. The lowest BCUT2D eigenvalue weighted by atomic mass is 10.1. The Morgan fingerprint density at radius 2 is 1.85 bits per heavy atom. The number of carbonyl (C=O) groups excluding carboxylic acids is 1. The molecule has 3 nitrogen and oxygen atoms in total. The Kier molecular flexibility index (Phi) is 4.62. The minimum Gasteiger partial charge on any atom is -0.348 e. The van der Waals surface area contributed by atoms with Crippen LogP contribution in [0, 0.1) is 11.3 Å². The van der Waals surface area contributed by atoms with Crippen LogP contribution in [0.3, 0.4) is 0 Å². The van der Waals surface area contributed by atoms with E-state index in [1.165, 1.54) is 0 Å². The van der Waals surface area contributed by atoms with Crippen molar-refractivity contribution in [1.82, 2.24) is 5.32 Å². The molecule has 0 bridgehead atoms. The van der Waals surface area contributed by atoms with Gasteiger partial charge in [0.05, 0.1) is 11.6 Å². The third-order valence-electron chi connectivity index (χ3n) is 2.73. The Balaban J connectivity index is 2.03. The molecule has 20 heavy (non-hydrogen) atoms. The molecule has 2 rings (SSSR count). The quantitative estimate of drug-likeness (QED) is 0.938. The summed E-state index contributed by atoms with van der Waals surface area (Å²) in [4.78, 5) is 11.9. The third-order valence-corrected chi connectivity index (χ3v) is 3.32. The average Bonchev–Trinajstić information content (AvgIpc) is 2.46. The standard InChI is InChI=1S/C15H10Cl2N2O/c16-13-6-5-12(14(17)7-13)9-19-15(20)11-3-1-10(8-18)2-4-11/h1-7H,9H2,(H,19,20). The number of carbonyl (C=O) groups is 1. The Morgan fingerprint density at radius 1 is 1.15 bits per heavy atom. The van der Waals surface area contributed by atoms with Gasteiger partial charge in [-0.2, -0.15) is 5.26 Å². The summed E-state index contributed by atoms with van der Waals surface area (Å²) in [7, 11) is 0.